The minimum absolute atomic E-state index is 0.199. The zero-order valence-corrected chi connectivity index (χ0v) is 18.6. The highest BCUT2D eigenvalue weighted by Crippen LogP contribution is 2.29. The molecule has 4 rings (SSSR count). The Bertz CT molecular complexity index is 1190. The van der Waals surface area contributed by atoms with E-state index in [-0.39, 0.29) is 18.0 Å². The molecule has 8 nitrogen and oxygen atoms in total. The van der Waals surface area contributed by atoms with E-state index in [1.54, 1.807) is 31.4 Å². The number of amides is 1. The summed E-state index contributed by atoms with van der Waals surface area (Å²) in [5, 5.41) is 8.82. The SMILES string of the molecule is COc1ccc(NC(=O)Cn2nc(N3CCCC(C)C3)c3ccccc3c2=O)c(OC)c1. The molecule has 1 aliphatic heterocycles. The van der Waals surface area contributed by atoms with E-state index in [1.807, 2.05) is 18.2 Å². The molecule has 1 saturated heterocycles. The number of carbonyl (C=O) groups excluding carboxylic acids is 1. The molecule has 32 heavy (non-hydrogen) atoms. The van der Waals surface area contributed by atoms with Crippen LogP contribution in [0.2, 0.25) is 0 Å². The van der Waals surface area contributed by atoms with E-state index in [9.17, 15) is 9.59 Å². The third-order valence-corrected chi connectivity index (χ3v) is 5.78. The molecule has 0 saturated carbocycles. The molecule has 168 valence electrons. The van der Waals surface area contributed by atoms with Crippen LogP contribution in [0.15, 0.2) is 47.3 Å². The van der Waals surface area contributed by atoms with Crippen molar-refractivity contribution in [3.8, 4) is 11.5 Å². The van der Waals surface area contributed by atoms with Gasteiger partial charge in [-0.25, -0.2) is 4.68 Å². The van der Waals surface area contributed by atoms with Crippen molar-refractivity contribution < 1.29 is 14.3 Å². The molecule has 0 bridgehead atoms. The second kappa shape index (κ2) is 9.30. The lowest BCUT2D eigenvalue weighted by molar-refractivity contribution is -0.117. The molecular weight excluding hydrogens is 408 g/mol. The van der Waals surface area contributed by atoms with Crippen molar-refractivity contribution in [3.05, 3.63) is 52.8 Å². The zero-order valence-electron chi connectivity index (χ0n) is 18.6. The van der Waals surface area contributed by atoms with E-state index in [1.165, 1.54) is 18.2 Å². The third kappa shape index (κ3) is 4.39. The molecule has 3 aromatic rings. The Morgan fingerprint density at radius 3 is 2.66 bits per heavy atom. The lowest BCUT2D eigenvalue weighted by Gasteiger charge is -2.32. The van der Waals surface area contributed by atoms with Gasteiger partial charge in [0.25, 0.3) is 5.56 Å². The van der Waals surface area contributed by atoms with E-state index >= 15 is 0 Å². The number of piperidine rings is 1. The molecule has 1 N–H and O–H groups in total. The average molecular weight is 437 g/mol. The molecule has 1 amide bonds. The number of methoxy groups -OCH3 is 2. The van der Waals surface area contributed by atoms with E-state index in [0.717, 1.165) is 30.7 Å². The van der Waals surface area contributed by atoms with E-state index in [2.05, 4.69) is 22.2 Å². The summed E-state index contributed by atoms with van der Waals surface area (Å²) in [7, 11) is 3.08. The first kappa shape index (κ1) is 21.7. The molecule has 0 aliphatic carbocycles. The normalized spacial score (nSPS) is 16.1. The molecular formula is C24H28N4O4. The maximum Gasteiger partial charge on any atom is 0.275 e. The van der Waals surface area contributed by atoms with Crippen molar-refractivity contribution >= 4 is 28.2 Å². The highest BCUT2D eigenvalue weighted by atomic mass is 16.5. The van der Waals surface area contributed by atoms with Crippen LogP contribution < -0.4 is 25.2 Å². The minimum Gasteiger partial charge on any atom is -0.497 e. The average Bonchev–Trinajstić information content (AvgIpc) is 2.81. The van der Waals surface area contributed by atoms with Crippen LogP contribution in [-0.4, -0.2) is 43.0 Å². The Hall–Kier alpha value is -3.55. The Balaban J connectivity index is 1.65. The predicted molar refractivity (Wildman–Crippen MR) is 125 cm³/mol. The highest BCUT2D eigenvalue weighted by molar-refractivity contribution is 5.94. The molecule has 1 atom stereocenters. The standard InChI is InChI=1S/C24H28N4O4/c1-16-7-6-12-27(14-16)23-18-8-4-5-9-19(18)24(30)28(26-23)15-22(29)25-20-11-10-17(31-2)13-21(20)32-3/h4-5,8-11,13,16H,6-7,12,14-15H2,1-3H3,(H,25,29). The Morgan fingerprint density at radius 1 is 1.16 bits per heavy atom. The van der Waals surface area contributed by atoms with Crippen LogP contribution in [0.5, 0.6) is 11.5 Å². The minimum atomic E-state index is -0.365. The van der Waals surface area contributed by atoms with Crippen molar-refractivity contribution in [2.45, 2.75) is 26.3 Å². The summed E-state index contributed by atoms with van der Waals surface area (Å²) >= 11 is 0. The first-order chi connectivity index (χ1) is 15.5. The quantitative estimate of drug-likeness (QED) is 0.638. The van der Waals surface area contributed by atoms with Gasteiger partial charge in [0, 0.05) is 24.5 Å². The highest BCUT2D eigenvalue weighted by Gasteiger charge is 2.22. The fourth-order valence-electron chi connectivity index (χ4n) is 4.17. The predicted octanol–water partition coefficient (Wildman–Crippen LogP) is 3.29. The number of fused-ring (bicyclic) bond motifs is 1. The number of ether oxygens (including phenoxy) is 2. The summed E-state index contributed by atoms with van der Waals surface area (Å²) in [6, 6.07) is 12.6. The number of nitrogens with one attached hydrogen (secondary N) is 1. The van der Waals surface area contributed by atoms with Gasteiger partial charge >= 0.3 is 0 Å². The van der Waals surface area contributed by atoms with Gasteiger partial charge in [-0.2, -0.15) is 5.10 Å². The maximum atomic E-state index is 13.1. The number of rotatable bonds is 6. The number of hydrogen-bond donors (Lipinski definition) is 1. The van der Waals surface area contributed by atoms with Crippen molar-refractivity contribution in [2.75, 3.05) is 37.5 Å². The van der Waals surface area contributed by atoms with Crippen molar-refractivity contribution in [1.82, 2.24) is 9.78 Å². The molecule has 2 heterocycles. The van der Waals surface area contributed by atoms with E-state index in [4.69, 9.17) is 9.47 Å². The number of hydrogen-bond acceptors (Lipinski definition) is 6. The van der Waals surface area contributed by atoms with Crippen LogP contribution in [-0.2, 0) is 11.3 Å². The van der Waals surface area contributed by atoms with Crippen LogP contribution >= 0.6 is 0 Å². The fourth-order valence-corrected chi connectivity index (χ4v) is 4.17. The van der Waals surface area contributed by atoms with Crippen molar-refractivity contribution in [2.24, 2.45) is 5.92 Å². The van der Waals surface area contributed by atoms with Gasteiger partial charge in [-0.1, -0.05) is 25.1 Å². The Labute approximate surface area is 186 Å². The zero-order chi connectivity index (χ0) is 22.7. The third-order valence-electron chi connectivity index (χ3n) is 5.78. The van der Waals surface area contributed by atoms with Gasteiger partial charge in [0.1, 0.15) is 18.0 Å². The van der Waals surface area contributed by atoms with Gasteiger partial charge in [0.05, 0.1) is 25.3 Å². The van der Waals surface area contributed by atoms with Gasteiger partial charge in [-0.05, 0) is 37.0 Å². The number of benzene rings is 2. The molecule has 2 aromatic carbocycles. The van der Waals surface area contributed by atoms with Crippen molar-refractivity contribution in [3.63, 3.8) is 0 Å². The van der Waals surface area contributed by atoms with Crippen LogP contribution in [0.25, 0.3) is 10.8 Å². The van der Waals surface area contributed by atoms with Gasteiger partial charge < -0.3 is 19.7 Å². The molecule has 1 aliphatic rings. The first-order valence-corrected chi connectivity index (χ1v) is 10.8. The van der Waals surface area contributed by atoms with Gasteiger partial charge in [-0.15, -0.1) is 0 Å². The molecule has 1 aromatic heterocycles. The second-order valence-corrected chi connectivity index (χ2v) is 8.14. The number of aromatic nitrogens is 2. The Morgan fingerprint density at radius 2 is 1.94 bits per heavy atom. The fraction of sp³-hybridized carbons (Fsp3) is 0.375. The van der Waals surface area contributed by atoms with Crippen LogP contribution in [0, 0.1) is 5.92 Å². The largest absolute Gasteiger partial charge is 0.497 e. The lowest BCUT2D eigenvalue weighted by atomic mass is 10.00. The topological polar surface area (TPSA) is 85.7 Å². The monoisotopic (exact) mass is 436 g/mol. The molecule has 1 fully saturated rings. The first-order valence-electron chi connectivity index (χ1n) is 10.8. The summed E-state index contributed by atoms with van der Waals surface area (Å²) < 4.78 is 11.8. The lowest BCUT2D eigenvalue weighted by Crippen LogP contribution is -2.38. The summed E-state index contributed by atoms with van der Waals surface area (Å²) in [6.07, 6.45) is 2.26. The molecule has 1 unspecified atom stereocenters. The number of nitrogens with zero attached hydrogens (tertiary/aromatic N) is 3. The summed E-state index contributed by atoms with van der Waals surface area (Å²) in [6.45, 7) is 3.79. The summed E-state index contributed by atoms with van der Waals surface area (Å²) in [5.41, 5.74) is 0.212. The van der Waals surface area contributed by atoms with Crippen LogP contribution in [0.3, 0.4) is 0 Å². The number of anilines is 2. The molecule has 8 heteroatoms. The summed E-state index contributed by atoms with van der Waals surface area (Å²) in [5.74, 6) is 2.03. The molecule has 0 radical (unpaired) electrons. The molecule has 0 spiro atoms. The second-order valence-electron chi connectivity index (χ2n) is 8.14. The Kier molecular flexibility index (Phi) is 6.30. The summed E-state index contributed by atoms with van der Waals surface area (Å²) in [4.78, 5) is 28.1. The van der Waals surface area contributed by atoms with Crippen LogP contribution in [0.4, 0.5) is 11.5 Å². The van der Waals surface area contributed by atoms with Gasteiger partial charge in [0.2, 0.25) is 5.91 Å². The van der Waals surface area contributed by atoms with E-state index < -0.39 is 0 Å². The van der Waals surface area contributed by atoms with Crippen molar-refractivity contribution in [1.29, 1.82) is 0 Å². The van der Waals surface area contributed by atoms with Crippen LogP contribution in [0.1, 0.15) is 19.8 Å². The van der Waals surface area contributed by atoms with Gasteiger partial charge in [-0.3, -0.25) is 9.59 Å². The smallest absolute Gasteiger partial charge is 0.275 e. The van der Waals surface area contributed by atoms with Gasteiger partial charge in [0.15, 0.2) is 5.82 Å². The van der Waals surface area contributed by atoms with E-state index in [0.29, 0.717) is 28.5 Å². The number of carbonyl (C=O) groups is 1. The maximum absolute atomic E-state index is 13.1.